The first-order chi connectivity index (χ1) is 8.46. The smallest absolute Gasteiger partial charge is 0.311 e. The zero-order valence-corrected chi connectivity index (χ0v) is 11.3. The molecule has 0 aliphatic heterocycles. The van der Waals surface area contributed by atoms with Crippen LogP contribution in [0.2, 0.25) is 0 Å². The van der Waals surface area contributed by atoms with Crippen LogP contribution in [0.1, 0.15) is 46.0 Å². The molecule has 4 N–H and O–H groups in total. The van der Waals surface area contributed by atoms with Crippen molar-refractivity contribution in [3.8, 4) is 0 Å². The molecule has 1 aliphatic carbocycles. The van der Waals surface area contributed by atoms with Gasteiger partial charge in [0, 0.05) is 13.1 Å². The average molecular weight is 256 g/mol. The molecule has 1 aliphatic rings. The molecule has 18 heavy (non-hydrogen) atoms. The predicted octanol–water partition coefficient (Wildman–Crippen LogP) is 1.12. The van der Waals surface area contributed by atoms with Crippen LogP contribution in [0.4, 0.5) is 0 Å². The van der Waals surface area contributed by atoms with E-state index in [0.717, 1.165) is 19.3 Å². The molecule has 0 spiro atoms. The summed E-state index contributed by atoms with van der Waals surface area (Å²) in [6.07, 6.45) is 3.67. The minimum atomic E-state index is -0.852. The Labute approximate surface area is 108 Å². The molecule has 5 heteroatoms. The summed E-state index contributed by atoms with van der Waals surface area (Å²) in [5.74, 6) is -0.924. The summed E-state index contributed by atoms with van der Waals surface area (Å²) in [5.41, 5.74) is 4.37. The number of nitrogens with one attached hydrogen (secondary N) is 1. The molecule has 0 bridgehead atoms. The fourth-order valence-corrected chi connectivity index (χ4v) is 2.44. The number of carboxylic acids is 1. The maximum atomic E-state index is 12.1. The van der Waals surface area contributed by atoms with E-state index in [9.17, 15) is 14.7 Å². The van der Waals surface area contributed by atoms with E-state index in [1.54, 1.807) is 0 Å². The number of rotatable bonds is 7. The fraction of sp³-hybridized carbons (Fsp3) is 0.846. The molecule has 0 aromatic heterocycles. The molecule has 0 heterocycles. The summed E-state index contributed by atoms with van der Waals surface area (Å²) in [4.78, 5) is 23.4. The van der Waals surface area contributed by atoms with Crippen LogP contribution in [-0.2, 0) is 9.59 Å². The molecular weight excluding hydrogens is 232 g/mol. The van der Waals surface area contributed by atoms with Crippen molar-refractivity contribution in [3.05, 3.63) is 0 Å². The molecule has 1 fully saturated rings. The Kier molecular flexibility index (Phi) is 4.73. The summed E-state index contributed by atoms with van der Waals surface area (Å²) >= 11 is 0. The van der Waals surface area contributed by atoms with Crippen LogP contribution in [0.5, 0.6) is 0 Å². The predicted molar refractivity (Wildman–Crippen MR) is 69.0 cm³/mol. The molecule has 0 saturated heterocycles. The normalized spacial score (nSPS) is 17.9. The van der Waals surface area contributed by atoms with Gasteiger partial charge in [-0.3, -0.25) is 9.59 Å². The topological polar surface area (TPSA) is 92.4 Å². The minimum Gasteiger partial charge on any atom is -0.481 e. The molecule has 1 saturated carbocycles. The summed E-state index contributed by atoms with van der Waals surface area (Å²) in [6.45, 7) is 4.21. The van der Waals surface area contributed by atoms with Crippen LogP contribution in [0.3, 0.4) is 0 Å². The lowest BCUT2D eigenvalue weighted by Crippen LogP contribution is -2.53. The van der Waals surface area contributed by atoms with Crippen molar-refractivity contribution >= 4 is 11.9 Å². The van der Waals surface area contributed by atoms with E-state index >= 15 is 0 Å². The highest BCUT2D eigenvalue weighted by molar-refractivity contribution is 5.84. The van der Waals surface area contributed by atoms with Gasteiger partial charge in [-0.2, -0.15) is 0 Å². The second-order valence-corrected chi connectivity index (χ2v) is 5.31. The van der Waals surface area contributed by atoms with Crippen LogP contribution in [0.15, 0.2) is 0 Å². The van der Waals surface area contributed by atoms with E-state index in [4.69, 9.17) is 5.73 Å². The van der Waals surface area contributed by atoms with Gasteiger partial charge < -0.3 is 16.2 Å². The van der Waals surface area contributed by atoms with E-state index in [0.29, 0.717) is 19.4 Å². The molecular formula is C13H24N2O3. The Morgan fingerprint density at radius 3 is 2.17 bits per heavy atom. The van der Waals surface area contributed by atoms with Gasteiger partial charge in [-0.25, -0.2) is 0 Å². The molecule has 5 nitrogen and oxygen atoms in total. The van der Waals surface area contributed by atoms with Crippen molar-refractivity contribution in [1.29, 1.82) is 0 Å². The van der Waals surface area contributed by atoms with Gasteiger partial charge in [0.15, 0.2) is 0 Å². The van der Waals surface area contributed by atoms with Gasteiger partial charge in [0.05, 0.1) is 10.8 Å². The van der Waals surface area contributed by atoms with Crippen LogP contribution >= 0.6 is 0 Å². The van der Waals surface area contributed by atoms with Crippen molar-refractivity contribution in [2.24, 2.45) is 16.6 Å². The Hall–Kier alpha value is -1.10. The Bertz CT molecular complexity index is 315. The zero-order chi connectivity index (χ0) is 13.8. The zero-order valence-electron chi connectivity index (χ0n) is 11.3. The molecule has 0 atom stereocenters. The minimum absolute atomic E-state index is 0.0798. The highest BCUT2D eigenvalue weighted by atomic mass is 16.4. The van der Waals surface area contributed by atoms with Crippen LogP contribution in [0, 0.1) is 10.8 Å². The van der Waals surface area contributed by atoms with Crippen molar-refractivity contribution in [2.45, 2.75) is 46.0 Å². The standard InChI is InChI=1S/C13H24N2O3/c1-3-12(4-2,11(17)18)9-15-10(16)13(8-14)6-5-7-13/h3-9,14H2,1-2H3,(H,15,16)(H,17,18). The lowest BCUT2D eigenvalue weighted by Gasteiger charge is -2.40. The van der Waals surface area contributed by atoms with E-state index < -0.39 is 16.8 Å². The SMILES string of the molecule is CCC(CC)(CNC(=O)C1(CN)CCC1)C(=O)O. The average Bonchev–Trinajstić information content (AvgIpc) is 2.30. The largest absolute Gasteiger partial charge is 0.481 e. The van der Waals surface area contributed by atoms with Crippen molar-refractivity contribution in [2.75, 3.05) is 13.1 Å². The molecule has 1 rings (SSSR count). The maximum absolute atomic E-state index is 12.1. The van der Waals surface area contributed by atoms with E-state index in [-0.39, 0.29) is 12.5 Å². The number of nitrogens with two attached hydrogens (primary N) is 1. The Balaban J connectivity index is 2.63. The molecule has 0 aromatic rings. The monoisotopic (exact) mass is 256 g/mol. The van der Waals surface area contributed by atoms with Crippen LogP contribution in [-0.4, -0.2) is 30.1 Å². The number of aliphatic carboxylic acids is 1. The number of carbonyl (C=O) groups excluding carboxylic acids is 1. The molecule has 0 radical (unpaired) electrons. The Morgan fingerprint density at radius 2 is 1.89 bits per heavy atom. The van der Waals surface area contributed by atoms with Gasteiger partial charge in [0.1, 0.15) is 0 Å². The van der Waals surface area contributed by atoms with Crippen LogP contribution in [0.25, 0.3) is 0 Å². The molecule has 0 aromatic carbocycles. The fourth-order valence-electron chi connectivity index (χ4n) is 2.44. The molecule has 104 valence electrons. The van der Waals surface area contributed by atoms with Crippen molar-refractivity contribution in [3.63, 3.8) is 0 Å². The highest BCUT2D eigenvalue weighted by Gasteiger charge is 2.44. The van der Waals surface area contributed by atoms with Gasteiger partial charge >= 0.3 is 5.97 Å². The second-order valence-electron chi connectivity index (χ2n) is 5.31. The van der Waals surface area contributed by atoms with Crippen molar-refractivity contribution < 1.29 is 14.7 Å². The third-order valence-corrected chi connectivity index (χ3v) is 4.58. The number of amides is 1. The first-order valence-electron chi connectivity index (χ1n) is 6.68. The lowest BCUT2D eigenvalue weighted by atomic mass is 9.68. The van der Waals surface area contributed by atoms with Gasteiger partial charge in [0.2, 0.25) is 5.91 Å². The summed E-state index contributed by atoms with van der Waals surface area (Å²) < 4.78 is 0. The summed E-state index contributed by atoms with van der Waals surface area (Å²) in [6, 6.07) is 0. The summed E-state index contributed by atoms with van der Waals surface area (Å²) in [7, 11) is 0. The summed E-state index contributed by atoms with van der Waals surface area (Å²) in [5, 5.41) is 12.1. The van der Waals surface area contributed by atoms with E-state index in [1.165, 1.54) is 0 Å². The van der Waals surface area contributed by atoms with E-state index in [2.05, 4.69) is 5.32 Å². The van der Waals surface area contributed by atoms with E-state index in [1.807, 2.05) is 13.8 Å². The first-order valence-corrected chi connectivity index (χ1v) is 6.68. The highest BCUT2D eigenvalue weighted by Crippen LogP contribution is 2.40. The lowest BCUT2D eigenvalue weighted by molar-refractivity contribution is -0.150. The quantitative estimate of drug-likeness (QED) is 0.636. The number of carbonyl (C=O) groups is 2. The number of carboxylic acid groups (broad SMARTS) is 1. The number of hydrogen-bond donors (Lipinski definition) is 3. The van der Waals surface area contributed by atoms with Gasteiger partial charge in [-0.15, -0.1) is 0 Å². The van der Waals surface area contributed by atoms with Crippen molar-refractivity contribution in [1.82, 2.24) is 5.32 Å². The van der Waals surface area contributed by atoms with Gasteiger partial charge in [-0.05, 0) is 25.7 Å². The molecule has 0 unspecified atom stereocenters. The third kappa shape index (κ3) is 2.51. The maximum Gasteiger partial charge on any atom is 0.311 e. The third-order valence-electron chi connectivity index (χ3n) is 4.58. The first kappa shape index (κ1) is 15.0. The second kappa shape index (κ2) is 5.69. The van der Waals surface area contributed by atoms with Gasteiger partial charge in [-0.1, -0.05) is 20.3 Å². The van der Waals surface area contributed by atoms with Gasteiger partial charge in [0.25, 0.3) is 0 Å². The Morgan fingerprint density at radius 1 is 1.33 bits per heavy atom. The molecule has 1 amide bonds. The van der Waals surface area contributed by atoms with Crippen LogP contribution < -0.4 is 11.1 Å². The number of hydrogen-bond acceptors (Lipinski definition) is 3.